The van der Waals surface area contributed by atoms with E-state index in [0.29, 0.717) is 39.8 Å². The number of hydrogen-bond donors (Lipinski definition) is 1. The summed E-state index contributed by atoms with van der Waals surface area (Å²) in [6.45, 7) is 7.54. The van der Waals surface area contributed by atoms with E-state index in [2.05, 4.69) is 5.32 Å². The van der Waals surface area contributed by atoms with Gasteiger partial charge >= 0.3 is 0 Å². The number of nitrogens with zero attached hydrogens (tertiary/aromatic N) is 2. The maximum absolute atomic E-state index is 14.1. The lowest BCUT2D eigenvalue weighted by Gasteiger charge is -2.33. The van der Waals surface area contributed by atoms with Crippen molar-refractivity contribution in [2.24, 2.45) is 0 Å². The van der Waals surface area contributed by atoms with Crippen LogP contribution in [0.15, 0.2) is 71.6 Å². The van der Waals surface area contributed by atoms with Gasteiger partial charge in [0.15, 0.2) is 0 Å². The van der Waals surface area contributed by atoms with Crippen molar-refractivity contribution in [2.45, 2.75) is 64.4 Å². The van der Waals surface area contributed by atoms with Gasteiger partial charge in [0.25, 0.3) is 10.0 Å². The van der Waals surface area contributed by atoms with Gasteiger partial charge in [-0.15, -0.1) is 0 Å². The zero-order chi connectivity index (χ0) is 30.2. The average molecular weight is 619 g/mol. The molecule has 0 heterocycles. The second-order valence-corrected chi connectivity index (χ2v) is 12.6. The van der Waals surface area contributed by atoms with Crippen LogP contribution in [0.25, 0.3) is 0 Å². The van der Waals surface area contributed by atoms with Crippen molar-refractivity contribution in [3.63, 3.8) is 0 Å². The second-order valence-electron chi connectivity index (χ2n) is 9.95. The topological polar surface area (TPSA) is 86.8 Å². The fourth-order valence-corrected chi connectivity index (χ4v) is 6.25. The van der Waals surface area contributed by atoms with Crippen LogP contribution in [0.1, 0.15) is 49.8 Å². The van der Waals surface area contributed by atoms with Gasteiger partial charge < -0.3 is 10.2 Å². The predicted molar refractivity (Wildman–Crippen MR) is 166 cm³/mol. The SMILES string of the molecule is CCCCNC(=O)C(CC)N(Cc1ccc(Cl)c(Cl)c1)C(=O)CN(c1ccccc1C)S(=O)(=O)c1ccc(C)cc1. The first-order chi connectivity index (χ1) is 19.5. The van der Waals surface area contributed by atoms with Gasteiger partial charge in [-0.1, -0.05) is 85.4 Å². The number of nitrogens with one attached hydrogen (secondary N) is 1. The fourth-order valence-electron chi connectivity index (χ4n) is 4.45. The van der Waals surface area contributed by atoms with Gasteiger partial charge in [0.2, 0.25) is 11.8 Å². The number of sulfonamides is 1. The summed E-state index contributed by atoms with van der Waals surface area (Å²) in [5, 5.41) is 3.61. The molecule has 0 aliphatic rings. The van der Waals surface area contributed by atoms with Crippen LogP contribution >= 0.6 is 23.2 Å². The Labute approximate surface area is 253 Å². The molecule has 41 heavy (non-hydrogen) atoms. The maximum atomic E-state index is 14.1. The van der Waals surface area contributed by atoms with E-state index in [1.54, 1.807) is 55.5 Å². The highest BCUT2D eigenvalue weighted by Crippen LogP contribution is 2.28. The van der Waals surface area contributed by atoms with Gasteiger partial charge in [-0.2, -0.15) is 0 Å². The lowest BCUT2D eigenvalue weighted by atomic mass is 10.1. The van der Waals surface area contributed by atoms with E-state index < -0.39 is 28.5 Å². The van der Waals surface area contributed by atoms with E-state index >= 15 is 0 Å². The number of halogens is 2. The minimum Gasteiger partial charge on any atom is -0.354 e. The molecule has 0 radical (unpaired) electrons. The quantitative estimate of drug-likeness (QED) is 0.221. The number of carbonyl (C=O) groups is 2. The number of amides is 2. The minimum atomic E-state index is -4.13. The molecule has 0 bridgehead atoms. The summed E-state index contributed by atoms with van der Waals surface area (Å²) in [6, 6.07) is 17.7. The molecule has 1 unspecified atom stereocenters. The molecule has 3 aromatic rings. The largest absolute Gasteiger partial charge is 0.354 e. The molecule has 10 heteroatoms. The Kier molecular flexibility index (Phi) is 11.6. The molecule has 0 aliphatic carbocycles. The number of hydrogen-bond acceptors (Lipinski definition) is 4. The van der Waals surface area contributed by atoms with Crippen LogP contribution < -0.4 is 9.62 Å². The first-order valence-corrected chi connectivity index (χ1v) is 15.8. The summed E-state index contributed by atoms with van der Waals surface area (Å²) in [7, 11) is -4.13. The number of para-hydroxylation sites is 1. The molecule has 3 rings (SSSR count). The van der Waals surface area contributed by atoms with Crippen molar-refractivity contribution < 1.29 is 18.0 Å². The third-order valence-electron chi connectivity index (χ3n) is 6.82. The van der Waals surface area contributed by atoms with Crippen LogP contribution in [-0.2, 0) is 26.2 Å². The Hall–Kier alpha value is -3.07. The molecule has 0 aromatic heterocycles. The lowest BCUT2D eigenvalue weighted by Crippen LogP contribution is -2.52. The number of benzene rings is 3. The third-order valence-corrected chi connectivity index (χ3v) is 9.34. The maximum Gasteiger partial charge on any atom is 0.264 e. The molecular formula is C31H37Cl2N3O4S. The first-order valence-electron chi connectivity index (χ1n) is 13.7. The van der Waals surface area contributed by atoms with Crippen molar-refractivity contribution in [1.82, 2.24) is 10.2 Å². The van der Waals surface area contributed by atoms with Crippen LogP contribution in [0.2, 0.25) is 10.0 Å². The van der Waals surface area contributed by atoms with Gasteiger partial charge in [0, 0.05) is 13.1 Å². The highest BCUT2D eigenvalue weighted by Gasteiger charge is 2.34. The molecule has 0 spiro atoms. The van der Waals surface area contributed by atoms with Gasteiger partial charge in [0.05, 0.1) is 20.6 Å². The molecule has 3 aromatic carbocycles. The molecule has 220 valence electrons. The molecule has 2 amide bonds. The molecule has 1 atom stereocenters. The van der Waals surface area contributed by atoms with Gasteiger partial charge in [-0.3, -0.25) is 13.9 Å². The average Bonchev–Trinajstić information content (AvgIpc) is 2.94. The zero-order valence-electron chi connectivity index (χ0n) is 23.9. The summed E-state index contributed by atoms with van der Waals surface area (Å²) >= 11 is 12.4. The first kappa shape index (κ1) is 32.4. The van der Waals surface area contributed by atoms with Crippen molar-refractivity contribution >= 4 is 50.7 Å². The van der Waals surface area contributed by atoms with E-state index in [9.17, 15) is 18.0 Å². The summed E-state index contributed by atoms with van der Waals surface area (Å²) in [5.41, 5.74) is 2.65. The number of carbonyl (C=O) groups excluding carboxylic acids is 2. The Bertz CT molecular complexity index is 1460. The van der Waals surface area contributed by atoms with Gasteiger partial charge in [-0.05, 0) is 68.1 Å². The Balaban J connectivity index is 2.06. The standard InChI is InChI=1S/C31H37Cl2N3O4S/c1-5-7-18-34-31(38)28(6-2)35(20-24-14-17-26(32)27(33)19-24)30(37)21-36(29-11-9-8-10-23(29)4)41(39,40)25-15-12-22(3)13-16-25/h8-17,19,28H,5-7,18,20-21H2,1-4H3,(H,34,38). The van der Waals surface area contributed by atoms with Crippen molar-refractivity contribution in [1.29, 1.82) is 0 Å². The number of anilines is 1. The highest BCUT2D eigenvalue weighted by atomic mass is 35.5. The van der Waals surface area contributed by atoms with Crippen LogP contribution in [-0.4, -0.2) is 44.3 Å². The zero-order valence-corrected chi connectivity index (χ0v) is 26.2. The molecule has 0 saturated heterocycles. The molecular weight excluding hydrogens is 581 g/mol. The van der Waals surface area contributed by atoms with Crippen LogP contribution in [0, 0.1) is 13.8 Å². The van der Waals surface area contributed by atoms with Gasteiger partial charge in [-0.25, -0.2) is 8.42 Å². The summed E-state index contributed by atoms with van der Waals surface area (Å²) in [4.78, 5) is 28.9. The minimum absolute atomic E-state index is 0.0433. The van der Waals surface area contributed by atoms with E-state index in [4.69, 9.17) is 23.2 Å². The molecule has 0 fully saturated rings. The lowest BCUT2D eigenvalue weighted by molar-refractivity contribution is -0.140. The van der Waals surface area contributed by atoms with Crippen LogP contribution in [0.3, 0.4) is 0 Å². The van der Waals surface area contributed by atoms with E-state index in [1.165, 1.54) is 17.0 Å². The number of unbranched alkanes of at least 4 members (excludes halogenated alkanes) is 1. The van der Waals surface area contributed by atoms with E-state index in [1.807, 2.05) is 26.8 Å². The van der Waals surface area contributed by atoms with Gasteiger partial charge in [0.1, 0.15) is 12.6 Å². The summed E-state index contributed by atoms with van der Waals surface area (Å²) < 4.78 is 29.1. The van der Waals surface area contributed by atoms with Crippen molar-refractivity contribution in [2.75, 3.05) is 17.4 Å². The monoisotopic (exact) mass is 617 g/mol. The Morgan fingerprint density at radius 2 is 1.61 bits per heavy atom. The van der Waals surface area contributed by atoms with Crippen LogP contribution in [0.4, 0.5) is 5.69 Å². The van der Waals surface area contributed by atoms with E-state index in [0.717, 1.165) is 22.7 Å². The summed E-state index contributed by atoms with van der Waals surface area (Å²) in [6.07, 6.45) is 2.05. The molecule has 0 aliphatic heterocycles. The Morgan fingerprint density at radius 3 is 2.22 bits per heavy atom. The normalized spacial score (nSPS) is 12.0. The number of aryl methyl sites for hydroxylation is 2. The number of rotatable bonds is 13. The molecule has 1 N–H and O–H groups in total. The predicted octanol–water partition coefficient (Wildman–Crippen LogP) is 6.53. The highest BCUT2D eigenvalue weighted by molar-refractivity contribution is 7.92. The fraction of sp³-hybridized carbons (Fsp3) is 0.355. The van der Waals surface area contributed by atoms with Crippen molar-refractivity contribution in [3.8, 4) is 0 Å². The van der Waals surface area contributed by atoms with Crippen molar-refractivity contribution in [3.05, 3.63) is 93.5 Å². The second kappa shape index (κ2) is 14.7. The molecule has 0 saturated carbocycles. The van der Waals surface area contributed by atoms with E-state index in [-0.39, 0.29) is 17.3 Å². The third kappa shape index (κ3) is 8.24. The Morgan fingerprint density at radius 1 is 0.927 bits per heavy atom. The smallest absolute Gasteiger partial charge is 0.264 e. The van der Waals surface area contributed by atoms with Crippen LogP contribution in [0.5, 0.6) is 0 Å². The molecule has 7 nitrogen and oxygen atoms in total. The summed E-state index contributed by atoms with van der Waals surface area (Å²) in [5.74, 6) is -0.814.